The second kappa shape index (κ2) is 7.17. The van der Waals surface area contributed by atoms with E-state index in [1.807, 2.05) is 7.05 Å². The fourth-order valence-corrected chi connectivity index (χ4v) is 1.98. The minimum Gasteiger partial charge on any atom is -0.375 e. The van der Waals surface area contributed by atoms with E-state index < -0.39 is 0 Å². The Hall–Kier alpha value is -1.35. The van der Waals surface area contributed by atoms with Crippen molar-refractivity contribution in [1.82, 2.24) is 4.90 Å². The van der Waals surface area contributed by atoms with Crippen LogP contribution >= 0.6 is 0 Å². The smallest absolute Gasteiger partial charge is 0.248 e. The van der Waals surface area contributed by atoms with E-state index in [1.54, 1.807) is 12.0 Å². The van der Waals surface area contributed by atoms with Crippen LogP contribution in [-0.2, 0) is 16.0 Å². The molecule has 0 aliphatic rings. The Morgan fingerprint density at radius 2 is 1.94 bits per heavy atom. The van der Waals surface area contributed by atoms with Gasteiger partial charge in [0.2, 0.25) is 5.91 Å². The standard InChI is InChI=1S/C15H23NO2/c1-5-14(16(3)15(17)11-18-4)10-13-8-6-12(2)7-9-13/h6-9,14H,5,10-11H2,1-4H3/t14-/m0/s1. The van der Waals surface area contributed by atoms with Crippen LogP contribution in [0.4, 0.5) is 0 Å². The predicted molar refractivity (Wildman–Crippen MR) is 73.6 cm³/mol. The molecule has 0 radical (unpaired) electrons. The lowest BCUT2D eigenvalue weighted by molar-refractivity contribution is -0.135. The number of rotatable bonds is 6. The van der Waals surface area contributed by atoms with E-state index in [-0.39, 0.29) is 18.6 Å². The molecule has 1 atom stereocenters. The highest BCUT2D eigenvalue weighted by atomic mass is 16.5. The Bertz CT molecular complexity index is 373. The highest BCUT2D eigenvalue weighted by Gasteiger charge is 2.18. The second-order valence-corrected chi connectivity index (χ2v) is 4.69. The van der Waals surface area contributed by atoms with Crippen molar-refractivity contribution in [2.24, 2.45) is 0 Å². The Labute approximate surface area is 110 Å². The fourth-order valence-electron chi connectivity index (χ4n) is 1.98. The molecule has 0 fully saturated rings. The number of amides is 1. The van der Waals surface area contributed by atoms with E-state index in [0.29, 0.717) is 0 Å². The summed E-state index contributed by atoms with van der Waals surface area (Å²) in [6.07, 6.45) is 1.84. The molecule has 1 aromatic carbocycles. The van der Waals surface area contributed by atoms with Crippen molar-refractivity contribution in [1.29, 1.82) is 0 Å². The summed E-state index contributed by atoms with van der Waals surface area (Å²) in [6, 6.07) is 8.72. The van der Waals surface area contributed by atoms with Gasteiger partial charge in [-0.1, -0.05) is 36.8 Å². The van der Waals surface area contributed by atoms with Crippen molar-refractivity contribution in [3.63, 3.8) is 0 Å². The maximum atomic E-state index is 11.8. The van der Waals surface area contributed by atoms with Gasteiger partial charge in [0.1, 0.15) is 6.61 Å². The number of ether oxygens (including phenoxy) is 1. The summed E-state index contributed by atoms with van der Waals surface area (Å²) in [6.45, 7) is 4.34. The van der Waals surface area contributed by atoms with Gasteiger partial charge in [-0.15, -0.1) is 0 Å². The molecule has 0 spiro atoms. The maximum absolute atomic E-state index is 11.8. The first kappa shape index (κ1) is 14.7. The molecule has 0 N–H and O–H groups in total. The van der Waals surface area contributed by atoms with E-state index in [4.69, 9.17) is 4.74 Å². The summed E-state index contributed by atoms with van der Waals surface area (Å²) in [5.41, 5.74) is 2.53. The number of nitrogens with zero attached hydrogens (tertiary/aromatic N) is 1. The number of carbonyl (C=O) groups is 1. The monoisotopic (exact) mass is 249 g/mol. The number of carbonyl (C=O) groups excluding carboxylic acids is 1. The van der Waals surface area contributed by atoms with Gasteiger partial charge in [0.25, 0.3) is 0 Å². The molecule has 100 valence electrons. The van der Waals surface area contributed by atoms with Crippen molar-refractivity contribution < 1.29 is 9.53 Å². The van der Waals surface area contributed by atoms with E-state index in [1.165, 1.54) is 11.1 Å². The van der Waals surface area contributed by atoms with E-state index >= 15 is 0 Å². The lowest BCUT2D eigenvalue weighted by Gasteiger charge is -2.27. The number of aryl methyl sites for hydroxylation is 1. The molecule has 1 amide bonds. The highest BCUT2D eigenvalue weighted by molar-refractivity contribution is 5.77. The summed E-state index contributed by atoms with van der Waals surface area (Å²) < 4.78 is 4.89. The van der Waals surface area contributed by atoms with Crippen molar-refractivity contribution in [3.8, 4) is 0 Å². The van der Waals surface area contributed by atoms with Gasteiger partial charge in [0.05, 0.1) is 0 Å². The number of likely N-dealkylation sites (N-methyl/N-ethyl adjacent to an activating group) is 1. The van der Waals surface area contributed by atoms with Gasteiger partial charge in [0.15, 0.2) is 0 Å². The summed E-state index contributed by atoms with van der Waals surface area (Å²) in [4.78, 5) is 13.6. The molecular formula is C15H23NO2. The van der Waals surface area contributed by atoms with Crippen molar-refractivity contribution in [2.45, 2.75) is 32.7 Å². The Balaban J connectivity index is 2.66. The number of methoxy groups -OCH3 is 1. The summed E-state index contributed by atoms with van der Waals surface area (Å²) in [5.74, 6) is 0.0384. The van der Waals surface area contributed by atoms with Crippen LogP contribution in [0.1, 0.15) is 24.5 Å². The summed E-state index contributed by atoms with van der Waals surface area (Å²) in [5, 5.41) is 0. The molecule has 3 heteroatoms. The van der Waals surface area contributed by atoms with Crippen LogP contribution in [0.3, 0.4) is 0 Å². The first-order valence-electron chi connectivity index (χ1n) is 6.38. The van der Waals surface area contributed by atoms with Crippen LogP contribution in [0.25, 0.3) is 0 Å². The number of hydrogen-bond acceptors (Lipinski definition) is 2. The molecule has 1 rings (SSSR count). The molecule has 0 heterocycles. The highest BCUT2D eigenvalue weighted by Crippen LogP contribution is 2.12. The third-order valence-corrected chi connectivity index (χ3v) is 3.27. The molecule has 0 bridgehead atoms. The van der Waals surface area contributed by atoms with Crippen LogP contribution in [0.5, 0.6) is 0 Å². The largest absolute Gasteiger partial charge is 0.375 e. The third-order valence-electron chi connectivity index (χ3n) is 3.27. The van der Waals surface area contributed by atoms with Crippen LogP contribution < -0.4 is 0 Å². The molecule has 18 heavy (non-hydrogen) atoms. The van der Waals surface area contributed by atoms with Crippen molar-refractivity contribution in [2.75, 3.05) is 20.8 Å². The summed E-state index contributed by atoms with van der Waals surface area (Å²) >= 11 is 0. The Morgan fingerprint density at radius 3 is 2.44 bits per heavy atom. The van der Waals surface area contributed by atoms with Crippen LogP contribution in [0, 0.1) is 6.92 Å². The number of benzene rings is 1. The molecule has 0 aromatic heterocycles. The predicted octanol–water partition coefficient (Wildman–Crippen LogP) is 2.42. The van der Waals surface area contributed by atoms with Crippen molar-refractivity contribution in [3.05, 3.63) is 35.4 Å². The van der Waals surface area contributed by atoms with Gasteiger partial charge in [-0.2, -0.15) is 0 Å². The van der Waals surface area contributed by atoms with Crippen molar-refractivity contribution >= 4 is 5.91 Å². The van der Waals surface area contributed by atoms with Gasteiger partial charge in [0, 0.05) is 20.2 Å². The normalized spacial score (nSPS) is 12.2. The van der Waals surface area contributed by atoms with Gasteiger partial charge in [-0.05, 0) is 25.3 Å². The zero-order chi connectivity index (χ0) is 13.5. The lowest BCUT2D eigenvalue weighted by atomic mass is 10.0. The fraction of sp³-hybridized carbons (Fsp3) is 0.533. The number of hydrogen-bond donors (Lipinski definition) is 0. The van der Waals surface area contributed by atoms with Gasteiger partial charge in [-0.25, -0.2) is 0 Å². The minimum absolute atomic E-state index is 0.0384. The zero-order valence-electron chi connectivity index (χ0n) is 11.8. The molecule has 0 saturated heterocycles. The second-order valence-electron chi connectivity index (χ2n) is 4.69. The third kappa shape index (κ3) is 4.15. The molecule has 0 aliphatic carbocycles. The Morgan fingerprint density at radius 1 is 1.33 bits per heavy atom. The molecule has 0 unspecified atom stereocenters. The van der Waals surface area contributed by atoms with Crippen LogP contribution in [0.15, 0.2) is 24.3 Å². The minimum atomic E-state index is 0.0384. The quantitative estimate of drug-likeness (QED) is 0.775. The van der Waals surface area contributed by atoms with E-state index in [2.05, 4.69) is 38.1 Å². The molecule has 0 saturated carbocycles. The van der Waals surface area contributed by atoms with Crippen LogP contribution in [-0.4, -0.2) is 37.6 Å². The van der Waals surface area contributed by atoms with Gasteiger partial charge >= 0.3 is 0 Å². The van der Waals surface area contributed by atoms with Gasteiger partial charge in [-0.3, -0.25) is 4.79 Å². The maximum Gasteiger partial charge on any atom is 0.248 e. The average molecular weight is 249 g/mol. The molecule has 0 aliphatic heterocycles. The zero-order valence-corrected chi connectivity index (χ0v) is 11.8. The van der Waals surface area contributed by atoms with E-state index in [0.717, 1.165) is 12.8 Å². The first-order valence-corrected chi connectivity index (χ1v) is 6.38. The Kier molecular flexibility index (Phi) is 5.86. The molecule has 1 aromatic rings. The first-order chi connectivity index (χ1) is 8.58. The summed E-state index contributed by atoms with van der Waals surface area (Å²) in [7, 11) is 3.40. The SMILES string of the molecule is CC[C@@H](Cc1ccc(C)cc1)N(C)C(=O)COC. The van der Waals surface area contributed by atoms with Gasteiger partial charge < -0.3 is 9.64 Å². The average Bonchev–Trinajstić information content (AvgIpc) is 2.37. The molecular weight excluding hydrogens is 226 g/mol. The topological polar surface area (TPSA) is 29.5 Å². The van der Waals surface area contributed by atoms with E-state index in [9.17, 15) is 4.79 Å². The van der Waals surface area contributed by atoms with Crippen LogP contribution in [0.2, 0.25) is 0 Å². The molecule has 3 nitrogen and oxygen atoms in total. The lowest BCUT2D eigenvalue weighted by Crippen LogP contribution is -2.40.